The van der Waals surface area contributed by atoms with Gasteiger partial charge in [0, 0.05) is 37.9 Å². The van der Waals surface area contributed by atoms with E-state index in [9.17, 15) is 8.42 Å². The van der Waals surface area contributed by atoms with Crippen molar-refractivity contribution in [1.29, 1.82) is 0 Å². The van der Waals surface area contributed by atoms with Crippen LogP contribution in [-0.4, -0.2) is 57.0 Å². The Labute approximate surface area is 127 Å². The Morgan fingerprint density at radius 3 is 2.80 bits per heavy atom. The SMILES string of the molecule is O=S1(=O)c2sc(Cl)cc2C=CN1CCN1CCOCC1. The zero-order chi connectivity index (χ0) is 14.2. The quantitative estimate of drug-likeness (QED) is 0.844. The number of rotatable bonds is 3. The van der Waals surface area contributed by atoms with Gasteiger partial charge in [0.2, 0.25) is 0 Å². The molecule has 0 N–H and O–H groups in total. The smallest absolute Gasteiger partial charge is 0.274 e. The molecule has 0 saturated carbocycles. The van der Waals surface area contributed by atoms with Crippen molar-refractivity contribution < 1.29 is 13.2 Å². The van der Waals surface area contributed by atoms with Gasteiger partial charge in [0.15, 0.2) is 0 Å². The standard InChI is InChI=1S/C12H15ClN2O3S2/c13-11-9-10-1-2-15(20(16,17)12(10)19-11)4-3-14-5-7-18-8-6-14/h1-2,9H,3-8H2. The summed E-state index contributed by atoms with van der Waals surface area (Å²) in [5.74, 6) is 0. The lowest BCUT2D eigenvalue weighted by atomic mass is 10.3. The molecule has 3 rings (SSSR count). The summed E-state index contributed by atoms with van der Waals surface area (Å²) in [7, 11) is -3.44. The first-order valence-corrected chi connectivity index (χ1v) is 9.00. The third-order valence-corrected chi connectivity index (χ3v) is 6.98. The number of sulfonamides is 1. The van der Waals surface area contributed by atoms with Gasteiger partial charge in [-0.3, -0.25) is 9.21 Å². The lowest BCUT2D eigenvalue weighted by molar-refractivity contribution is 0.0372. The number of ether oxygens (including phenoxy) is 1. The zero-order valence-corrected chi connectivity index (χ0v) is 13.2. The highest BCUT2D eigenvalue weighted by Crippen LogP contribution is 2.36. The Morgan fingerprint density at radius 2 is 2.05 bits per heavy atom. The number of thiophene rings is 1. The average molecular weight is 335 g/mol. The van der Waals surface area contributed by atoms with E-state index in [1.165, 1.54) is 4.31 Å². The van der Waals surface area contributed by atoms with Crippen LogP contribution in [0.15, 0.2) is 16.5 Å². The fourth-order valence-corrected chi connectivity index (χ4v) is 5.54. The van der Waals surface area contributed by atoms with Crippen LogP contribution in [0.5, 0.6) is 0 Å². The molecule has 1 fully saturated rings. The van der Waals surface area contributed by atoms with E-state index in [0.29, 0.717) is 40.4 Å². The third-order valence-electron chi connectivity index (χ3n) is 3.40. The van der Waals surface area contributed by atoms with Crippen molar-refractivity contribution in [2.45, 2.75) is 4.21 Å². The monoisotopic (exact) mass is 334 g/mol. The molecular formula is C12H15ClN2O3S2. The summed E-state index contributed by atoms with van der Waals surface area (Å²) in [5.41, 5.74) is 0.683. The molecule has 5 nitrogen and oxygen atoms in total. The molecule has 110 valence electrons. The van der Waals surface area contributed by atoms with Crippen LogP contribution in [0.4, 0.5) is 0 Å². The van der Waals surface area contributed by atoms with E-state index in [1.54, 1.807) is 18.3 Å². The van der Waals surface area contributed by atoms with Crippen molar-refractivity contribution >= 4 is 39.0 Å². The van der Waals surface area contributed by atoms with Gasteiger partial charge in [-0.15, -0.1) is 11.3 Å². The molecular weight excluding hydrogens is 320 g/mol. The predicted octanol–water partition coefficient (Wildman–Crippen LogP) is 1.71. The third kappa shape index (κ3) is 2.73. The topological polar surface area (TPSA) is 49.9 Å². The van der Waals surface area contributed by atoms with Crippen molar-refractivity contribution in [2.75, 3.05) is 39.4 Å². The Kier molecular flexibility index (Phi) is 4.05. The molecule has 20 heavy (non-hydrogen) atoms. The van der Waals surface area contributed by atoms with E-state index < -0.39 is 10.0 Å². The lowest BCUT2D eigenvalue weighted by Crippen LogP contribution is -2.41. The predicted molar refractivity (Wildman–Crippen MR) is 79.5 cm³/mol. The van der Waals surface area contributed by atoms with Crippen LogP contribution in [0.2, 0.25) is 4.34 Å². The van der Waals surface area contributed by atoms with Crippen LogP contribution in [0.25, 0.3) is 6.08 Å². The van der Waals surface area contributed by atoms with Gasteiger partial charge in [0.05, 0.1) is 17.6 Å². The van der Waals surface area contributed by atoms with Crippen LogP contribution in [-0.2, 0) is 14.8 Å². The molecule has 1 aromatic heterocycles. The van der Waals surface area contributed by atoms with Gasteiger partial charge < -0.3 is 4.74 Å². The fraction of sp³-hybridized carbons (Fsp3) is 0.500. The molecule has 2 aliphatic rings. The van der Waals surface area contributed by atoms with Crippen LogP contribution >= 0.6 is 22.9 Å². The molecule has 1 saturated heterocycles. The summed E-state index contributed by atoms with van der Waals surface area (Å²) in [6, 6.07) is 1.69. The maximum Gasteiger partial charge on any atom is 0.274 e. The molecule has 0 amide bonds. The van der Waals surface area contributed by atoms with Crippen molar-refractivity contribution in [3.8, 4) is 0 Å². The number of fused-ring (bicyclic) bond motifs is 1. The van der Waals surface area contributed by atoms with Gasteiger partial charge in [-0.05, 0) is 12.1 Å². The zero-order valence-electron chi connectivity index (χ0n) is 10.8. The molecule has 0 radical (unpaired) electrons. The highest BCUT2D eigenvalue weighted by molar-refractivity contribution is 7.91. The second-order valence-corrected chi connectivity index (χ2v) is 8.45. The van der Waals surface area contributed by atoms with Gasteiger partial charge in [0.1, 0.15) is 4.21 Å². The molecule has 3 heterocycles. The summed E-state index contributed by atoms with van der Waals surface area (Å²) in [4.78, 5) is 2.21. The number of halogens is 1. The molecule has 2 aliphatic heterocycles. The van der Waals surface area contributed by atoms with Crippen molar-refractivity contribution in [1.82, 2.24) is 9.21 Å². The van der Waals surface area contributed by atoms with Gasteiger partial charge >= 0.3 is 0 Å². The minimum absolute atomic E-state index is 0.340. The summed E-state index contributed by atoms with van der Waals surface area (Å²) < 4.78 is 32.5. The van der Waals surface area contributed by atoms with E-state index in [4.69, 9.17) is 16.3 Å². The maximum absolute atomic E-state index is 12.5. The van der Waals surface area contributed by atoms with E-state index >= 15 is 0 Å². The molecule has 0 atom stereocenters. The van der Waals surface area contributed by atoms with Gasteiger partial charge in [0.25, 0.3) is 10.0 Å². The van der Waals surface area contributed by atoms with E-state index in [1.807, 2.05) is 0 Å². The van der Waals surface area contributed by atoms with E-state index in [-0.39, 0.29) is 0 Å². The van der Waals surface area contributed by atoms with Gasteiger partial charge in [-0.2, -0.15) is 0 Å². The summed E-state index contributed by atoms with van der Waals surface area (Å²) in [5, 5.41) is 0. The van der Waals surface area contributed by atoms with Gasteiger partial charge in [-0.1, -0.05) is 11.6 Å². The Balaban J connectivity index is 1.72. The summed E-state index contributed by atoms with van der Waals surface area (Å²) in [6.07, 6.45) is 3.43. The lowest BCUT2D eigenvalue weighted by Gasteiger charge is -2.30. The molecule has 0 aliphatic carbocycles. The second-order valence-electron chi connectivity index (χ2n) is 4.68. The minimum Gasteiger partial charge on any atom is -0.379 e. The van der Waals surface area contributed by atoms with Crippen molar-refractivity contribution in [2.24, 2.45) is 0 Å². The molecule has 0 bridgehead atoms. The molecule has 1 aromatic rings. The molecule has 0 unspecified atom stereocenters. The second kappa shape index (κ2) is 5.65. The number of morpholine rings is 1. The highest BCUT2D eigenvalue weighted by atomic mass is 35.5. The summed E-state index contributed by atoms with van der Waals surface area (Å²) >= 11 is 7.02. The number of hydrogen-bond acceptors (Lipinski definition) is 5. The molecule has 0 aromatic carbocycles. The van der Waals surface area contributed by atoms with Crippen molar-refractivity contribution in [3.05, 3.63) is 22.2 Å². The fourth-order valence-electron chi connectivity index (χ4n) is 2.29. The largest absolute Gasteiger partial charge is 0.379 e. The van der Waals surface area contributed by atoms with E-state index in [2.05, 4.69) is 4.90 Å². The van der Waals surface area contributed by atoms with E-state index in [0.717, 1.165) is 24.4 Å². The van der Waals surface area contributed by atoms with Crippen molar-refractivity contribution in [3.63, 3.8) is 0 Å². The van der Waals surface area contributed by atoms with Crippen LogP contribution in [0, 0.1) is 0 Å². The molecule has 0 spiro atoms. The Bertz CT molecular complexity index is 621. The Hall–Kier alpha value is -0.600. The average Bonchev–Trinajstić information content (AvgIpc) is 2.81. The number of nitrogens with zero attached hydrogens (tertiary/aromatic N) is 2. The first-order chi connectivity index (χ1) is 9.57. The van der Waals surface area contributed by atoms with Crippen LogP contribution < -0.4 is 0 Å². The Morgan fingerprint density at radius 1 is 1.30 bits per heavy atom. The summed E-state index contributed by atoms with van der Waals surface area (Å²) in [6.45, 7) is 4.30. The maximum atomic E-state index is 12.5. The normalized spacial score (nSPS) is 21.9. The van der Waals surface area contributed by atoms with Crippen LogP contribution in [0.3, 0.4) is 0 Å². The first kappa shape index (κ1) is 14.3. The minimum atomic E-state index is -3.44. The van der Waals surface area contributed by atoms with Gasteiger partial charge in [-0.25, -0.2) is 8.42 Å². The highest BCUT2D eigenvalue weighted by Gasteiger charge is 2.30. The first-order valence-electron chi connectivity index (χ1n) is 6.37. The number of hydrogen-bond donors (Lipinski definition) is 0. The molecule has 8 heteroatoms. The van der Waals surface area contributed by atoms with Crippen LogP contribution in [0.1, 0.15) is 5.56 Å².